The maximum absolute atomic E-state index is 13.5. The van der Waals surface area contributed by atoms with E-state index in [1.165, 1.54) is 28.6 Å². The number of amides is 1. The maximum Gasteiger partial charge on any atom is 0.243 e. The van der Waals surface area contributed by atoms with Crippen LogP contribution in [0.25, 0.3) is 0 Å². The Bertz CT molecular complexity index is 839. The second kappa shape index (κ2) is 7.39. The monoisotopic (exact) mass is 409 g/mol. The van der Waals surface area contributed by atoms with Crippen LogP contribution in [0, 0.1) is 11.2 Å². The van der Waals surface area contributed by atoms with Crippen molar-refractivity contribution < 1.29 is 17.6 Å². The Labute approximate surface area is 166 Å². The maximum atomic E-state index is 13.5. The first-order valence-electron chi connectivity index (χ1n) is 10.1. The summed E-state index contributed by atoms with van der Waals surface area (Å²) >= 11 is 0. The van der Waals surface area contributed by atoms with Crippen LogP contribution in [0.15, 0.2) is 29.2 Å². The Kier molecular flexibility index (Phi) is 5.22. The highest BCUT2D eigenvalue weighted by molar-refractivity contribution is 7.89. The Hall–Kier alpha value is -1.51. The van der Waals surface area contributed by atoms with Crippen LogP contribution in [0.4, 0.5) is 4.39 Å². The van der Waals surface area contributed by atoms with Gasteiger partial charge in [-0.2, -0.15) is 4.31 Å². The number of likely N-dealkylation sites (tertiary alicyclic amines) is 2. The molecule has 8 heteroatoms. The van der Waals surface area contributed by atoms with E-state index in [9.17, 15) is 17.6 Å². The first-order valence-corrected chi connectivity index (χ1v) is 11.5. The number of sulfonamides is 1. The number of benzene rings is 1. The summed E-state index contributed by atoms with van der Waals surface area (Å²) in [5.41, 5.74) is -0.494. The fraction of sp³-hybridized carbons (Fsp3) is 0.650. The molecule has 28 heavy (non-hydrogen) atoms. The van der Waals surface area contributed by atoms with Gasteiger partial charge in [-0.3, -0.25) is 4.79 Å². The molecule has 154 valence electrons. The molecule has 4 rings (SSSR count). The van der Waals surface area contributed by atoms with Crippen molar-refractivity contribution in [1.82, 2.24) is 14.1 Å². The molecule has 0 aromatic heterocycles. The number of carbonyl (C=O) groups is 1. The van der Waals surface area contributed by atoms with E-state index >= 15 is 0 Å². The predicted octanol–water partition coefficient (Wildman–Crippen LogP) is 1.92. The number of rotatable bonds is 3. The van der Waals surface area contributed by atoms with Gasteiger partial charge in [0, 0.05) is 32.2 Å². The quantitative estimate of drug-likeness (QED) is 0.765. The molecule has 0 radical (unpaired) electrons. The van der Waals surface area contributed by atoms with Crippen LogP contribution >= 0.6 is 0 Å². The van der Waals surface area contributed by atoms with Crippen molar-refractivity contribution in [3.63, 3.8) is 0 Å². The zero-order chi connectivity index (χ0) is 19.9. The van der Waals surface area contributed by atoms with Crippen LogP contribution in [-0.2, 0) is 14.8 Å². The molecule has 1 aromatic rings. The second-order valence-electron chi connectivity index (χ2n) is 8.30. The lowest BCUT2D eigenvalue weighted by molar-refractivity contribution is -0.142. The minimum absolute atomic E-state index is 0.0639. The first-order chi connectivity index (χ1) is 13.3. The van der Waals surface area contributed by atoms with E-state index in [2.05, 4.69) is 4.90 Å². The molecule has 0 N–H and O–H groups in total. The van der Waals surface area contributed by atoms with Crippen LogP contribution in [0.3, 0.4) is 0 Å². The average Bonchev–Trinajstić information content (AvgIpc) is 3.26. The van der Waals surface area contributed by atoms with Crippen LogP contribution < -0.4 is 0 Å². The van der Waals surface area contributed by atoms with Gasteiger partial charge in [-0.05, 0) is 70.0 Å². The Morgan fingerprint density at radius 2 is 1.68 bits per heavy atom. The summed E-state index contributed by atoms with van der Waals surface area (Å²) < 4.78 is 40.8. The molecule has 0 unspecified atom stereocenters. The fourth-order valence-electron chi connectivity index (χ4n) is 5.20. The Morgan fingerprint density at radius 3 is 2.36 bits per heavy atom. The summed E-state index contributed by atoms with van der Waals surface area (Å²) in [6.07, 6.45) is 4.06. The molecule has 2 atom stereocenters. The molecule has 3 fully saturated rings. The number of hydrogen-bond acceptors (Lipinski definition) is 4. The van der Waals surface area contributed by atoms with Crippen molar-refractivity contribution in [2.24, 2.45) is 5.41 Å². The van der Waals surface area contributed by atoms with Crippen LogP contribution in [0.5, 0.6) is 0 Å². The number of nitrogens with zero attached hydrogens (tertiary/aromatic N) is 3. The summed E-state index contributed by atoms with van der Waals surface area (Å²) in [4.78, 5) is 17.8. The summed E-state index contributed by atoms with van der Waals surface area (Å²) in [7, 11) is -1.66. The van der Waals surface area contributed by atoms with Crippen molar-refractivity contribution >= 4 is 15.9 Å². The molecular weight excluding hydrogens is 381 g/mol. The van der Waals surface area contributed by atoms with Crippen molar-refractivity contribution in [2.75, 3.05) is 39.8 Å². The lowest BCUT2D eigenvalue weighted by Gasteiger charge is -2.37. The fourth-order valence-corrected chi connectivity index (χ4v) is 6.65. The first kappa shape index (κ1) is 19.8. The van der Waals surface area contributed by atoms with Gasteiger partial charge in [0.25, 0.3) is 0 Å². The van der Waals surface area contributed by atoms with Gasteiger partial charge in [-0.25, -0.2) is 12.8 Å². The largest absolute Gasteiger partial charge is 0.342 e. The molecule has 3 saturated heterocycles. The lowest BCUT2D eigenvalue weighted by Crippen LogP contribution is -2.49. The van der Waals surface area contributed by atoms with Crippen molar-refractivity contribution in [2.45, 2.75) is 43.0 Å². The van der Waals surface area contributed by atoms with Crippen LogP contribution in [0.2, 0.25) is 0 Å². The standard InChI is InChI=1S/C20H28FN3O3S/c1-22-14-9-20(19(25)23-11-2-3-12-23)10-15-24(13-8-18(20)22)28(26,27)17-6-4-16(21)5-7-17/h4-7,18H,2-3,8-15H2,1H3/t18-,20-/m1/s1. The van der Waals surface area contributed by atoms with Gasteiger partial charge in [0.1, 0.15) is 5.82 Å². The molecule has 0 saturated carbocycles. The van der Waals surface area contributed by atoms with E-state index < -0.39 is 21.3 Å². The van der Waals surface area contributed by atoms with E-state index in [4.69, 9.17) is 0 Å². The zero-order valence-electron chi connectivity index (χ0n) is 16.3. The summed E-state index contributed by atoms with van der Waals surface area (Å²) in [5.74, 6) is -0.249. The summed E-state index contributed by atoms with van der Waals surface area (Å²) in [6.45, 7) is 3.20. The minimum atomic E-state index is -3.70. The van der Waals surface area contributed by atoms with Gasteiger partial charge in [-0.1, -0.05) is 0 Å². The van der Waals surface area contributed by atoms with Gasteiger partial charge < -0.3 is 9.80 Å². The highest BCUT2D eigenvalue weighted by atomic mass is 32.2. The molecule has 3 aliphatic heterocycles. The zero-order valence-corrected chi connectivity index (χ0v) is 17.1. The Morgan fingerprint density at radius 1 is 1.04 bits per heavy atom. The summed E-state index contributed by atoms with van der Waals surface area (Å²) in [6, 6.07) is 5.03. The topological polar surface area (TPSA) is 60.9 Å². The van der Waals surface area contributed by atoms with Gasteiger partial charge in [-0.15, -0.1) is 0 Å². The van der Waals surface area contributed by atoms with E-state index in [1.807, 2.05) is 11.9 Å². The van der Waals surface area contributed by atoms with Gasteiger partial charge in [0.2, 0.25) is 15.9 Å². The predicted molar refractivity (Wildman–Crippen MR) is 104 cm³/mol. The van der Waals surface area contributed by atoms with Crippen molar-refractivity contribution in [3.8, 4) is 0 Å². The van der Waals surface area contributed by atoms with Crippen LogP contribution in [-0.4, -0.2) is 74.2 Å². The molecule has 0 aliphatic carbocycles. The van der Waals surface area contributed by atoms with E-state index in [1.54, 1.807) is 0 Å². The molecule has 0 spiro atoms. The highest BCUT2D eigenvalue weighted by Crippen LogP contribution is 2.45. The third-order valence-corrected chi connectivity index (χ3v) is 8.72. The van der Waals surface area contributed by atoms with Crippen molar-refractivity contribution in [3.05, 3.63) is 30.1 Å². The molecule has 3 heterocycles. The van der Waals surface area contributed by atoms with E-state index in [-0.39, 0.29) is 16.8 Å². The van der Waals surface area contributed by atoms with Gasteiger partial charge in [0.05, 0.1) is 10.3 Å². The van der Waals surface area contributed by atoms with Gasteiger partial charge >= 0.3 is 0 Å². The number of fused-ring (bicyclic) bond motifs is 1. The number of hydrogen-bond donors (Lipinski definition) is 0. The third kappa shape index (κ3) is 3.25. The molecule has 3 aliphatic rings. The highest BCUT2D eigenvalue weighted by Gasteiger charge is 2.54. The van der Waals surface area contributed by atoms with E-state index in [0.717, 1.165) is 38.9 Å². The SMILES string of the molecule is CN1CC[C@@]2(C(=O)N3CCCC3)CCN(S(=O)(=O)c3ccc(F)cc3)CC[C@@H]12. The summed E-state index contributed by atoms with van der Waals surface area (Å²) in [5, 5.41) is 0. The molecule has 0 bridgehead atoms. The van der Waals surface area contributed by atoms with Crippen molar-refractivity contribution in [1.29, 1.82) is 0 Å². The van der Waals surface area contributed by atoms with Crippen LogP contribution in [0.1, 0.15) is 32.1 Å². The molecule has 6 nitrogen and oxygen atoms in total. The molecular formula is C20H28FN3O3S. The van der Waals surface area contributed by atoms with Gasteiger partial charge in [0.15, 0.2) is 0 Å². The minimum Gasteiger partial charge on any atom is -0.342 e. The number of halogens is 1. The lowest BCUT2D eigenvalue weighted by atomic mass is 9.75. The average molecular weight is 410 g/mol. The Balaban J connectivity index is 1.60. The third-order valence-electron chi connectivity index (χ3n) is 6.81. The smallest absolute Gasteiger partial charge is 0.243 e. The number of carbonyl (C=O) groups excluding carboxylic acids is 1. The molecule has 1 amide bonds. The normalized spacial score (nSPS) is 29.6. The molecule has 1 aromatic carbocycles. The van der Waals surface area contributed by atoms with E-state index in [0.29, 0.717) is 25.9 Å². The second-order valence-corrected chi connectivity index (χ2v) is 10.2.